The summed E-state index contributed by atoms with van der Waals surface area (Å²) in [5.74, 6) is -0.392. The van der Waals surface area contributed by atoms with Gasteiger partial charge in [0.1, 0.15) is 11.9 Å². The van der Waals surface area contributed by atoms with E-state index in [2.05, 4.69) is 21.5 Å². The lowest BCUT2D eigenvalue weighted by Gasteiger charge is -2.32. The zero-order chi connectivity index (χ0) is 17.1. The highest BCUT2D eigenvalue weighted by Crippen LogP contribution is 2.18. The molecule has 0 saturated carbocycles. The maximum Gasteiger partial charge on any atom is 0.241 e. The molecule has 0 aliphatic carbocycles. The molecule has 1 fully saturated rings. The van der Waals surface area contributed by atoms with Gasteiger partial charge in [0.2, 0.25) is 5.91 Å². The molecule has 24 heavy (non-hydrogen) atoms. The van der Waals surface area contributed by atoms with E-state index in [9.17, 15) is 9.18 Å². The Morgan fingerprint density at radius 2 is 1.83 bits per heavy atom. The molecule has 1 heterocycles. The number of hydrazine groups is 1. The highest BCUT2D eigenvalue weighted by Gasteiger charge is 2.27. The van der Waals surface area contributed by atoms with Crippen LogP contribution in [0.1, 0.15) is 16.7 Å². The maximum atomic E-state index is 12.9. The van der Waals surface area contributed by atoms with E-state index in [4.69, 9.17) is 0 Å². The summed E-state index contributed by atoms with van der Waals surface area (Å²) in [5.41, 5.74) is 10.3. The number of amides is 1. The summed E-state index contributed by atoms with van der Waals surface area (Å²) in [5, 5.41) is 6.15. The van der Waals surface area contributed by atoms with Crippen molar-refractivity contribution >= 4 is 11.6 Å². The fourth-order valence-electron chi connectivity index (χ4n) is 2.66. The molecule has 1 amide bonds. The monoisotopic (exact) mass is 328 g/mol. The molecule has 0 spiro atoms. The number of hydrogen-bond donors (Lipinski definition) is 4. The van der Waals surface area contributed by atoms with Crippen LogP contribution < -0.4 is 21.5 Å². The third-order valence-electron chi connectivity index (χ3n) is 4.26. The lowest BCUT2D eigenvalue weighted by atomic mass is 10.1. The number of carbonyl (C=O) groups excluding carboxylic acids is 1. The first-order chi connectivity index (χ1) is 11.5. The summed E-state index contributed by atoms with van der Waals surface area (Å²) >= 11 is 0. The first-order valence-electron chi connectivity index (χ1n) is 7.91. The molecule has 126 valence electrons. The SMILES string of the molecule is Cc1cccc(NC2NNC(Cc3ccc(F)cc3)C(=O)N2)c1C. The predicted octanol–water partition coefficient (Wildman–Crippen LogP) is 1.97. The van der Waals surface area contributed by atoms with Crippen molar-refractivity contribution in [2.45, 2.75) is 32.6 Å². The lowest BCUT2D eigenvalue weighted by Crippen LogP contribution is -2.68. The van der Waals surface area contributed by atoms with E-state index in [1.807, 2.05) is 32.0 Å². The normalized spacial score (nSPS) is 20.5. The molecule has 6 heteroatoms. The van der Waals surface area contributed by atoms with Crippen molar-refractivity contribution in [3.63, 3.8) is 0 Å². The van der Waals surface area contributed by atoms with Gasteiger partial charge in [-0.3, -0.25) is 4.79 Å². The van der Waals surface area contributed by atoms with Crippen molar-refractivity contribution in [1.82, 2.24) is 16.2 Å². The fourth-order valence-corrected chi connectivity index (χ4v) is 2.66. The largest absolute Gasteiger partial charge is 0.352 e. The average Bonchev–Trinajstić information content (AvgIpc) is 2.56. The molecule has 2 atom stereocenters. The average molecular weight is 328 g/mol. The van der Waals surface area contributed by atoms with E-state index in [1.165, 1.54) is 17.7 Å². The number of anilines is 1. The van der Waals surface area contributed by atoms with Gasteiger partial charge in [0.15, 0.2) is 6.29 Å². The molecule has 0 bridgehead atoms. The number of aryl methyl sites for hydroxylation is 1. The van der Waals surface area contributed by atoms with Crippen LogP contribution in [0.15, 0.2) is 42.5 Å². The summed E-state index contributed by atoms with van der Waals surface area (Å²) in [6, 6.07) is 11.7. The topological polar surface area (TPSA) is 65.2 Å². The summed E-state index contributed by atoms with van der Waals surface area (Å²) in [6.07, 6.45) is 0.0810. The minimum atomic E-state index is -0.410. The van der Waals surface area contributed by atoms with Gasteiger partial charge in [0.05, 0.1) is 0 Å². The molecule has 5 nitrogen and oxygen atoms in total. The molecule has 1 aliphatic heterocycles. The van der Waals surface area contributed by atoms with Crippen molar-refractivity contribution in [1.29, 1.82) is 0 Å². The van der Waals surface area contributed by atoms with Gasteiger partial charge in [-0.25, -0.2) is 15.2 Å². The Kier molecular flexibility index (Phi) is 4.78. The molecule has 2 unspecified atom stereocenters. The van der Waals surface area contributed by atoms with E-state index in [1.54, 1.807) is 12.1 Å². The molecule has 2 aromatic rings. The second kappa shape index (κ2) is 6.98. The van der Waals surface area contributed by atoms with Crippen LogP contribution in [0.25, 0.3) is 0 Å². The molecule has 3 rings (SSSR count). The number of rotatable bonds is 4. The second-order valence-corrected chi connectivity index (χ2v) is 6.01. The predicted molar refractivity (Wildman–Crippen MR) is 91.6 cm³/mol. The molecular weight excluding hydrogens is 307 g/mol. The van der Waals surface area contributed by atoms with Gasteiger partial charge in [-0.1, -0.05) is 24.3 Å². The van der Waals surface area contributed by atoms with Gasteiger partial charge >= 0.3 is 0 Å². The summed E-state index contributed by atoms with van der Waals surface area (Å²) in [7, 11) is 0. The van der Waals surface area contributed by atoms with Gasteiger partial charge in [-0.2, -0.15) is 0 Å². The standard InChI is InChI=1S/C18H21FN4O/c1-11-4-3-5-15(12(11)2)20-18-21-17(24)16(22-23-18)10-13-6-8-14(19)9-7-13/h3-9,16,18,20,22-23H,10H2,1-2H3,(H,21,24). The van der Waals surface area contributed by atoms with Crippen molar-refractivity contribution in [2.24, 2.45) is 0 Å². The summed E-state index contributed by atoms with van der Waals surface area (Å²) in [6.45, 7) is 4.08. The number of hydrogen-bond acceptors (Lipinski definition) is 4. The lowest BCUT2D eigenvalue weighted by molar-refractivity contribution is -0.126. The van der Waals surface area contributed by atoms with Crippen molar-refractivity contribution < 1.29 is 9.18 Å². The zero-order valence-corrected chi connectivity index (χ0v) is 13.7. The maximum absolute atomic E-state index is 12.9. The second-order valence-electron chi connectivity index (χ2n) is 6.01. The van der Waals surface area contributed by atoms with Crippen LogP contribution in [0.5, 0.6) is 0 Å². The fraction of sp³-hybridized carbons (Fsp3) is 0.278. The van der Waals surface area contributed by atoms with Crippen molar-refractivity contribution in [2.75, 3.05) is 5.32 Å². The van der Waals surface area contributed by atoms with Crippen molar-refractivity contribution in [3.05, 3.63) is 65.0 Å². The van der Waals surface area contributed by atoms with Crippen LogP contribution in [0.4, 0.5) is 10.1 Å². The first kappa shape index (κ1) is 16.4. The minimum absolute atomic E-state index is 0.110. The van der Waals surface area contributed by atoms with Gasteiger partial charge < -0.3 is 10.6 Å². The highest BCUT2D eigenvalue weighted by atomic mass is 19.1. The van der Waals surface area contributed by atoms with E-state index < -0.39 is 12.3 Å². The van der Waals surface area contributed by atoms with E-state index in [0.29, 0.717) is 6.42 Å². The Balaban J connectivity index is 1.60. The number of carbonyl (C=O) groups is 1. The molecular formula is C18H21FN4O. The molecule has 2 aromatic carbocycles. The van der Waals surface area contributed by atoms with E-state index in [0.717, 1.165) is 16.8 Å². The Hall–Kier alpha value is -2.44. The number of benzene rings is 2. The quantitative estimate of drug-likeness (QED) is 0.693. The summed E-state index contributed by atoms with van der Waals surface area (Å²) in [4.78, 5) is 12.3. The minimum Gasteiger partial charge on any atom is -0.352 e. The van der Waals surface area contributed by atoms with Crippen LogP contribution in [0.2, 0.25) is 0 Å². The smallest absolute Gasteiger partial charge is 0.241 e. The third-order valence-corrected chi connectivity index (χ3v) is 4.26. The summed E-state index contributed by atoms with van der Waals surface area (Å²) < 4.78 is 12.9. The Morgan fingerprint density at radius 3 is 2.54 bits per heavy atom. The molecule has 1 aliphatic rings. The Labute approximate surface area is 140 Å². The van der Waals surface area contributed by atoms with Gasteiger partial charge in [-0.05, 0) is 55.2 Å². The van der Waals surface area contributed by atoms with Crippen LogP contribution >= 0.6 is 0 Å². The number of halogens is 1. The van der Waals surface area contributed by atoms with Crippen molar-refractivity contribution in [3.8, 4) is 0 Å². The first-order valence-corrected chi connectivity index (χ1v) is 7.91. The van der Waals surface area contributed by atoms with Gasteiger partial charge in [0, 0.05) is 5.69 Å². The molecule has 0 aromatic heterocycles. The highest BCUT2D eigenvalue weighted by molar-refractivity contribution is 5.83. The van der Waals surface area contributed by atoms with E-state index >= 15 is 0 Å². The Morgan fingerprint density at radius 1 is 1.08 bits per heavy atom. The van der Waals surface area contributed by atoms with E-state index in [-0.39, 0.29) is 11.7 Å². The number of nitrogens with one attached hydrogen (secondary N) is 4. The molecule has 1 saturated heterocycles. The van der Waals surface area contributed by atoms with Crippen LogP contribution in [0.3, 0.4) is 0 Å². The van der Waals surface area contributed by atoms with Gasteiger partial charge in [-0.15, -0.1) is 0 Å². The zero-order valence-electron chi connectivity index (χ0n) is 13.7. The molecule has 0 radical (unpaired) electrons. The molecule has 4 N–H and O–H groups in total. The van der Waals surface area contributed by atoms with Crippen LogP contribution in [0, 0.1) is 19.7 Å². The van der Waals surface area contributed by atoms with Crippen LogP contribution in [-0.4, -0.2) is 18.2 Å². The van der Waals surface area contributed by atoms with Gasteiger partial charge in [0.25, 0.3) is 0 Å². The Bertz CT molecular complexity index is 732. The third kappa shape index (κ3) is 3.72. The van der Waals surface area contributed by atoms with Crippen LogP contribution in [-0.2, 0) is 11.2 Å².